The van der Waals surface area contributed by atoms with E-state index in [9.17, 15) is 9.59 Å². The van der Waals surface area contributed by atoms with Gasteiger partial charge in [0.15, 0.2) is 6.10 Å². The lowest BCUT2D eigenvalue weighted by atomic mass is 10.2. The van der Waals surface area contributed by atoms with Gasteiger partial charge in [-0.15, -0.1) is 11.3 Å². The first kappa shape index (κ1) is 21.5. The Kier molecular flexibility index (Phi) is 6.51. The summed E-state index contributed by atoms with van der Waals surface area (Å²) in [4.78, 5) is 29.1. The third kappa shape index (κ3) is 5.04. The molecule has 30 heavy (non-hydrogen) atoms. The van der Waals surface area contributed by atoms with Gasteiger partial charge in [0.25, 0.3) is 5.91 Å². The molecule has 158 valence electrons. The average molecular weight is 429 g/mol. The van der Waals surface area contributed by atoms with Crippen LogP contribution < -0.4 is 10.1 Å². The van der Waals surface area contributed by atoms with Crippen LogP contribution in [0.3, 0.4) is 0 Å². The summed E-state index contributed by atoms with van der Waals surface area (Å²) >= 11 is 1.57. The van der Waals surface area contributed by atoms with E-state index in [1.807, 2.05) is 19.2 Å². The Morgan fingerprint density at radius 3 is 2.47 bits per heavy atom. The van der Waals surface area contributed by atoms with Crippen LogP contribution in [0.25, 0.3) is 0 Å². The second-order valence-electron chi connectivity index (χ2n) is 6.88. The van der Waals surface area contributed by atoms with Crippen LogP contribution >= 0.6 is 11.3 Å². The van der Waals surface area contributed by atoms with Gasteiger partial charge in [0.1, 0.15) is 12.4 Å². The number of amides is 1. The third-order valence-corrected chi connectivity index (χ3v) is 5.38. The molecule has 3 aromatic rings. The van der Waals surface area contributed by atoms with Gasteiger partial charge in [-0.3, -0.25) is 9.48 Å². The van der Waals surface area contributed by atoms with E-state index in [2.05, 4.69) is 15.4 Å². The first-order valence-electron chi connectivity index (χ1n) is 9.40. The molecule has 0 spiro atoms. The van der Waals surface area contributed by atoms with Gasteiger partial charge in [0, 0.05) is 12.4 Å². The number of esters is 1. The fraction of sp³-hybridized carbons (Fsp3) is 0.333. The Balaban J connectivity index is 1.54. The zero-order chi connectivity index (χ0) is 21.8. The molecule has 0 aliphatic carbocycles. The lowest BCUT2D eigenvalue weighted by Crippen LogP contribution is -2.30. The lowest BCUT2D eigenvalue weighted by Gasteiger charge is -2.14. The van der Waals surface area contributed by atoms with Gasteiger partial charge in [0.2, 0.25) is 0 Å². The van der Waals surface area contributed by atoms with E-state index in [0.717, 1.165) is 16.4 Å². The van der Waals surface area contributed by atoms with E-state index >= 15 is 0 Å². The van der Waals surface area contributed by atoms with E-state index in [0.29, 0.717) is 29.3 Å². The maximum Gasteiger partial charge on any atom is 0.338 e. The van der Waals surface area contributed by atoms with E-state index in [1.54, 1.807) is 54.3 Å². The van der Waals surface area contributed by atoms with Crippen molar-refractivity contribution in [3.05, 3.63) is 57.3 Å². The molecule has 1 amide bonds. The number of thiazole rings is 1. The van der Waals surface area contributed by atoms with Crippen molar-refractivity contribution < 1.29 is 19.1 Å². The molecule has 0 bridgehead atoms. The summed E-state index contributed by atoms with van der Waals surface area (Å²) in [5.41, 5.74) is 3.34. The fourth-order valence-corrected chi connectivity index (χ4v) is 3.38. The van der Waals surface area contributed by atoms with Crippen molar-refractivity contribution in [2.24, 2.45) is 7.05 Å². The molecule has 1 atom stereocenters. The number of hydrogen-bond donors (Lipinski definition) is 1. The normalized spacial score (nSPS) is 11.8. The van der Waals surface area contributed by atoms with Crippen LogP contribution in [-0.2, 0) is 23.2 Å². The maximum absolute atomic E-state index is 12.4. The average Bonchev–Trinajstić information content (AvgIpc) is 3.24. The summed E-state index contributed by atoms with van der Waals surface area (Å²) in [6.45, 7) is 7.49. The number of nitrogens with zero attached hydrogens (tertiary/aromatic N) is 3. The van der Waals surface area contributed by atoms with Crippen LogP contribution in [0.5, 0.6) is 5.75 Å². The number of anilines is 1. The number of hydrogen-bond acceptors (Lipinski definition) is 7. The van der Waals surface area contributed by atoms with Crippen molar-refractivity contribution in [1.29, 1.82) is 0 Å². The summed E-state index contributed by atoms with van der Waals surface area (Å²) in [6, 6.07) is 6.57. The molecule has 1 N–H and O–H groups in total. The van der Waals surface area contributed by atoms with Crippen LogP contribution in [-0.4, -0.2) is 32.7 Å². The molecule has 0 aliphatic rings. The molecule has 0 radical (unpaired) electrons. The van der Waals surface area contributed by atoms with Crippen molar-refractivity contribution in [3.8, 4) is 5.75 Å². The number of aryl methyl sites for hydroxylation is 3. The molecule has 1 unspecified atom stereocenters. The molecule has 8 nitrogen and oxygen atoms in total. The monoisotopic (exact) mass is 428 g/mol. The standard InChI is InChI=1S/C21H24N4O4S/c1-12-19(13(2)25(5)24-12)23-20(26)14(3)29-21(27)16-6-8-18(9-7-16)28-10-17-11-30-15(4)22-17/h6-9,11,14H,10H2,1-5H3,(H,23,26). The number of carbonyl (C=O) groups is 2. The number of rotatable bonds is 7. The highest BCUT2D eigenvalue weighted by Crippen LogP contribution is 2.19. The summed E-state index contributed by atoms with van der Waals surface area (Å²) in [5.74, 6) is -0.384. The summed E-state index contributed by atoms with van der Waals surface area (Å²) in [7, 11) is 1.80. The van der Waals surface area contributed by atoms with Crippen LogP contribution in [0.15, 0.2) is 29.6 Å². The van der Waals surface area contributed by atoms with Crippen LogP contribution in [0.4, 0.5) is 5.69 Å². The Hall–Kier alpha value is -3.20. The second-order valence-corrected chi connectivity index (χ2v) is 7.94. The number of nitrogens with one attached hydrogen (secondary N) is 1. The first-order valence-corrected chi connectivity index (χ1v) is 10.3. The third-order valence-electron chi connectivity index (χ3n) is 4.55. The van der Waals surface area contributed by atoms with Gasteiger partial charge in [-0.25, -0.2) is 9.78 Å². The number of ether oxygens (including phenoxy) is 2. The van der Waals surface area contributed by atoms with E-state index < -0.39 is 18.0 Å². The quantitative estimate of drug-likeness (QED) is 0.578. The lowest BCUT2D eigenvalue weighted by molar-refractivity contribution is -0.123. The Bertz CT molecular complexity index is 1060. The van der Waals surface area contributed by atoms with Crippen LogP contribution in [0.2, 0.25) is 0 Å². The van der Waals surface area contributed by atoms with Gasteiger partial charge in [-0.1, -0.05) is 0 Å². The molecule has 3 rings (SSSR count). The smallest absolute Gasteiger partial charge is 0.338 e. The molecule has 0 aliphatic heterocycles. The predicted molar refractivity (Wildman–Crippen MR) is 114 cm³/mol. The Morgan fingerprint density at radius 1 is 1.20 bits per heavy atom. The van der Waals surface area contributed by atoms with Crippen molar-refractivity contribution in [2.45, 2.75) is 40.4 Å². The second kappa shape index (κ2) is 9.08. The van der Waals surface area contributed by atoms with E-state index in [4.69, 9.17) is 9.47 Å². The SMILES string of the molecule is Cc1nc(COc2ccc(C(=O)OC(C)C(=O)Nc3c(C)nn(C)c3C)cc2)cs1. The van der Waals surface area contributed by atoms with E-state index in [-0.39, 0.29) is 0 Å². The van der Waals surface area contributed by atoms with Gasteiger partial charge in [0.05, 0.1) is 33.3 Å². The molecule has 0 saturated carbocycles. The zero-order valence-electron chi connectivity index (χ0n) is 17.6. The molecular weight excluding hydrogens is 404 g/mol. The van der Waals surface area contributed by atoms with Gasteiger partial charge in [-0.2, -0.15) is 5.10 Å². The zero-order valence-corrected chi connectivity index (χ0v) is 18.4. The highest BCUT2D eigenvalue weighted by atomic mass is 32.1. The molecule has 0 saturated heterocycles. The minimum atomic E-state index is -0.958. The molecule has 2 aromatic heterocycles. The minimum Gasteiger partial charge on any atom is -0.487 e. The summed E-state index contributed by atoms with van der Waals surface area (Å²) in [6.07, 6.45) is -0.958. The van der Waals surface area contributed by atoms with Crippen LogP contribution in [0.1, 0.15) is 39.4 Å². The number of benzene rings is 1. The van der Waals surface area contributed by atoms with Crippen molar-refractivity contribution in [3.63, 3.8) is 0 Å². The van der Waals surface area contributed by atoms with Crippen molar-refractivity contribution >= 4 is 28.9 Å². The van der Waals surface area contributed by atoms with Crippen LogP contribution in [0, 0.1) is 20.8 Å². The maximum atomic E-state index is 12.4. The molecule has 9 heteroatoms. The fourth-order valence-electron chi connectivity index (χ4n) is 2.78. The Morgan fingerprint density at radius 2 is 1.90 bits per heavy atom. The van der Waals surface area contributed by atoms with Gasteiger partial charge >= 0.3 is 5.97 Å². The Labute approximate surface area is 178 Å². The summed E-state index contributed by atoms with van der Waals surface area (Å²) < 4.78 is 12.7. The topological polar surface area (TPSA) is 95.3 Å². The first-order chi connectivity index (χ1) is 14.2. The molecule has 2 heterocycles. The molecule has 1 aromatic carbocycles. The van der Waals surface area contributed by atoms with Gasteiger partial charge in [-0.05, 0) is 52.0 Å². The highest BCUT2D eigenvalue weighted by molar-refractivity contribution is 7.09. The predicted octanol–water partition coefficient (Wildman–Crippen LogP) is 3.56. The van der Waals surface area contributed by atoms with E-state index in [1.165, 1.54) is 6.92 Å². The molecular formula is C21H24N4O4S. The largest absolute Gasteiger partial charge is 0.487 e. The van der Waals surface area contributed by atoms with Crippen molar-refractivity contribution in [1.82, 2.24) is 14.8 Å². The number of carbonyl (C=O) groups excluding carboxylic acids is 2. The van der Waals surface area contributed by atoms with Crippen molar-refractivity contribution in [2.75, 3.05) is 5.32 Å². The number of aromatic nitrogens is 3. The molecule has 0 fully saturated rings. The minimum absolute atomic E-state index is 0.334. The summed E-state index contributed by atoms with van der Waals surface area (Å²) in [5, 5.41) is 9.96. The highest BCUT2D eigenvalue weighted by Gasteiger charge is 2.21. The van der Waals surface area contributed by atoms with Gasteiger partial charge < -0.3 is 14.8 Å².